The summed E-state index contributed by atoms with van der Waals surface area (Å²) in [6, 6.07) is 0.189. The summed E-state index contributed by atoms with van der Waals surface area (Å²) in [4.78, 5) is 2.09. The van der Waals surface area contributed by atoms with Crippen LogP contribution in [0.5, 0.6) is 0 Å². The van der Waals surface area contributed by atoms with Crippen molar-refractivity contribution in [2.75, 3.05) is 13.1 Å². The summed E-state index contributed by atoms with van der Waals surface area (Å²) in [6.45, 7) is 7.50. The summed E-state index contributed by atoms with van der Waals surface area (Å²) in [5, 5.41) is 3.54. The Hall–Kier alpha value is -0.290. The third kappa shape index (κ3) is 4.09. The average molecular weight is 278 g/mol. The molecular weight excluding hydrogens is 253 g/mol. The van der Waals surface area contributed by atoms with Crippen molar-refractivity contribution in [1.29, 1.82) is 0 Å². The van der Waals surface area contributed by atoms with Gasteiger partial charge >= 0.3 is 6.18 Å². The Bertz CT molecular complexity index is 300. The van der Waals surface area contributed by atoms with Crippen LogP contribution >= 0.6 is 0 Å². The largest absolute Gasteiger partial charge is 0.390 e. The standard InChI is InChI=1S/C14H25F3N2/c1-9(2)13-7-18-12(11-4-5-11)8-19(13)10(3)6-14(15,16)17/h9-13,18H,4-8H2,1-3H3. The molecule has 0 spiro atoms. The first-order valence-corrected chi connectivity index (χ1v) is 7.34. The third-order valence-electron chi connectivity index (χ3n) is 4.48. The third-order valence-corrected chi connectivity index (χ3v) is 4.48. The van der Waals surface area contributed by atoms with Crippen LogP contribution in [0, 0.1) is 11.8 Å². The first-order valence-electron chi connectivity index (χ1n) is 7.34. The van der Waals surface area contributed by atoms with Crippen LogP contribution in [0.4, 0.5) is 13.2 Å². The van der Waals surface area contributed by atoms with Crippen molar-refractivity contribution in [1.82, 2.24) is 10.2 Å². The van der Waals surface area contributed by atoms with Crippen LogP contribution in [0.15, 0.2) is 0 Å². The molecule has 112 valence electrons. The summed E-state index contributed by atoms with van der Waals surface area (Å²) in [5.41, 5.74) is 0. The van der Waals surface area contributed by atoms with Crippen LogP contribution in [0.2, 0.25) is 0 Å². The van der Waals surface area contributed by atoms with Gasteiger partial charge in [-0.25, -0.2) is 0 Å². The molecule has 0 aromatic carbocycles. The Morgan fingerprint density at radius 2 is 1.84 bits per heavy atom. The van der Waals surface area contributed by atoms with Gasteiger partial charge in [0.25, 0.3) is 0 Å². The number of hydrogen-bond donors (Lipinski definition) is 1. The normalized spacial score (nSPS) is 31.7. The van der Waals surface area contributed by atoms with Gasteiger partial charge in [-0.15, -0.1) is 0 Å². The smallest absolute Gasteiger partial charge is 0.311 e. The van der Waals surface area contributed by atoms with Gasteiger partial charge in [-0.2, -0.15) is 13.2 Å². The molecule has 3 atom stereocenters. The zero-order valence-corrected chi connectivity index (χ0v) is 12.0. The molecular formula is C14H25F3N2. The molecule has 1 N–H and O–H groups in total. The Labute approximate surface area is 113 Å². The number of nitrogens with zero attached hydrogens (tertiary/aromatic N) is 1. The zero-order chi connectivity index (χ0) is 14.2. The van der Waals surface area contributed by atoms with E-state index in [0.29, 0.717) is 17.9 Å². The van der Waals surface area contributed by atoms with Crippen LogP contribution in [0.3, 0.4) is 0 Å². The molecule has 0 amide bonds. The zero-order valence-electron chi connectivity index (χ0n) is 12.0. The van der Waals surface area contributed by atoms with E-state index >= 15 is 0 Å². The van der Waals surface area contributed by atoms with Crippen molar-refractivity contribution < 1.29 is 13.2 Å². The predicted octanol–water partition coefficient (Wildman–Crippen LogP) is 3.04. The lowest BCUT2D eigenvalue weighted by atomic mass is 9.94. The number of halogens is 3. The molecule has 0 aromatic rings. The van der Waals surface area contributed by atoms with Crippen LogP contribution in [0.25, 0.3) is 0 Å². The highest BCUT2D eigenvalue weighted by Crippen LogP contribution is 2.36. The van der Waals surface area contributed by atoms with Crippen molar-refractivity contribution in [3.8, 4) is 0 Å². The Kier molecular flexibility index (Phi) is 4.45. The van der Waals surface area contributed by atoms with Crippen molar-refractivity contribution in [2.45, 2.75) is 64.3 Å². The van der Waals surface area contributed by atoms with Gasteiger partial charge < -0.3 is 5.32 Å². The van der Waals surface area contributed by atoms with Gasteiger partial charge in [-0.05, 0) is 31.6 Å². The minimum atomic E-state index is -4.07. The molecule has 0 aromatic heterocycles. The van der Waals surface area contributed by atoms with Gasteiger partial charge in [-0.1, -0.05) is 13.8 Å². The minimum Gasteiger partial charge on any atom is -0.311 e. The van der Waals surface area contributed by atoms with Crippen LogP contribution < -0.4 is 5.32 Å². The second-order valence-electron chi connectivity index (χ2n) is 6.53. The first-order chi connectivity index (χ1) is 8.78. The van der Waals surface area contributed by atoms with E-state index < -0.39 is 18.6 Å². The lowest BCUT2D eigenvalue weighted by molar-refractivity contribution is -0.150. The van der Waals surface area contributed by atoms with Gasteiger partial charge in [0, 0.05) is 31.2 Å². The van der Waals surface area contributed by atoms with Gasteiger partial charge in [0.2, 0.25) is 0 Å². The summed E-state index contributed by atoms with van der Waals surface area (Å²) in [6.07, 6.45) is -2.31. The molecule has 2 nitrogen and oxygen atoms in total. The van der Waals surface area contributed by atoms with Crippen molar-refractivity contribution in [2.24, 2.45) is 11.8 Å². The molecule has 1 aliphatic carbocycles. The van der Waals surface area contributed by atoms with Crippen LogP contribution in [-0.4, -0.2) is 42.3 Å². The quantitative estimate of drug-likeness (QED) is 0.850. The number of hydrogen-bond acceptors (Lipinski definition) is 2. The van der Waals surface area contributed by atoms with Crippen molar-refractivity contribution in [3.05, 3.63) is 0 Å². The van der Waals surface area contributed by atoms with Gasteiger partial charge in [-0.3, -0.25) is 4.90 Å². The van der Waals surface area contributed by atoms with E-state index in [1.54, 1.807) is 6.92 Å². The monoisotopic (exact) mass is 278 g/mol. The van der Waals surface area contributed by atoms with E-state index in [1.807, 2.05) is 0 Å². The maximum Gasteiger partial charge on any atom is 0.390 e. The maximum atomic E-state index is 12.6. The molecule has 1 saturated carbocycles. The molecule has 0 radical (unpaired) electrons. The fourth-order valence-corrected chi connectivity index (χ4v) is 3.21. The summed E-state index contributed by atoms with van der Waals surface area (Å²) in [5.74, 6) is 1.07. The van der Waals surface area contributed by atoms with E-state index in [9.17, 15) is 13.2 Å². The second kappa shape index (κ2) is 5.60. The predicted molar refractivity (Wildman–Crippen MR) is 70.0 cm³/mol. The highest BCUT2D eigenvalue weighted by atomic mass is 19.4. The van der Waals surface area contributed by atoms with E-state index in [0.717, 1.165) is 13.1 Å². The van der Waals surface area contributed by atoms with E-state index in [-0.39, 0.29) is 6.04 Å². The molecule has 2 aliphatic rings. The number of nitrogens with one attached hydrogen (secondary N) is 1. The SMILES string of the molecule is CC(C)C1CNC(C2CC2)CN1C(C)CC(F)(F)F. The molecule has 2 fully saturated rings. The van der Waals surface area contributed by atoms with E-state index in [1.165, 1.54) is 12.8 Å². The van der Waals surface area contributed by atoms with Gasteiger partial charge in [0.05, 0.1) is 6.42 Å². The number of piperazine rings is 1. The number of alkyl halides is 3. The number of rotatable bonds is 4. The van der Waals surface area contributed by atoms with Crippen molar-refractivity contribution >= 4 is 0 Å². The minimum absolute atomic E-state index is 0.215. The van der Waals surface area contributed by atoms with Crippen LogP contribution in [0.1, 0.15) is 40.0 Å². The average Bonchev–Trinajstić information content (AvgIpc) is 3.09. The highest BCUT2D eigenvalue weighted by molar-refractivity contribution is 4.96. The summed E-state index contributed by atoms with van der Waals surface area (Å²) < 4.78 is 37.8. The molecule has 1 heterocycles. The Balaban J connectivity index is 2.01. The van der Waals surface area contributed by atoms with E-state index in [2.05, 4.69) is 24.1 Å². The Morgan fingerprint density at radius 3 is 2.32 bits per heavy atom. The topological polar surface area (TPSA) is 15.3 Å². The lowest BCUT2D eigenvalue weighted by Crippen LogP contribution is -2.61. The second-order valence-corrected chi connectivity index (χ2v) is 6.53. The summed E-state index contributed by atoms with van der Waals surface area (Å²) in [7, 11) is 0. The highest BCUT2D eigenvalue weighted by Gasteiger charge is 2.41. The fourth-order valence-electron chi connectivity index (χ4n) is 3.21. The van der Waals surface area contributed by atoms with Gasteiger partial charge in [0.1, 0.15) is 0 Å². The lowest BCUT2D eigenvalue weighted by Gasteiger charge is -2.46. The molecule has 3 unspecified atom stereocenters. The molecule has 5 heteroatoms. The summed E-state index contributed by atoms with van der Waals surface area (Å²) >= 11 is 0. The fraction of sp³-hybridized carbons (Fsp3) is 1.00. The molecule has 1 aliphatic heterocycles. The molecule has 0 bridgehead atoms. The van der Waals surface area contributed by atoms with E-state index in [4.69, 9.17) is 0 Å². The van der Waals surface area contributed by atoms with Crippen LogP contribution in [-0.2, 0) is 0 Å². The molecule has 1 saturated heterocycles. The van der Waals surface area contributed by atoms with Crippen molar-refractivity contribution in [3.63, 3.8) is 0 Å². The van der Waals surface area contributed by atoms with Gasteiger partial charge in [0.15, 0.2) is 0 Å². The maximum absolute atomic E-state index is 12.6. The molecule has 2 rings (SSSR count). The first kappa shape index (κ1) is 15.1. The molecule has 19 heavy (non-hydrogen) atoms. The Morgan fingerprint density at radius 1 is 1.21 bits per heavy atom.